The number of benzene rings is 2. The van der Waals surface area contributed by atoms with Crippen LogP contribution in [0.2, 0.25) is 0 Å². The fourth-order valence-corrected chi connectivity index (χ4v) is 4.52. The van der Waals surface area contributed by atoms with Crippen LogP contribution >= 0.6 is 23.5 Å². The molecule has 2 aromatic carbocycles. The van der Waals surface area contributed by atoms with Crippen molar-refractivity contribution in [1.29, 1.82) is 0 Å². The maximum atomic E-state index is 11.5. The summed E-state index contributed by atoms with van der Waals surface area (Å²) >= 11 is 3.23. The van der Waals surface area contributed by atoms with Gasteiger partial charge in [-0.15, -0.1) is 23.5 Å². The third-order valence-corrected chi connectivity index (χ3v) is 5.96. The zero-order valence-electron chi connectivity index (χ0n) is 13.1. The van der Waals surface area contributed by atoms with E-state index in [1.165, 1.54) is 11.1 Å². The predicted octanol–water partition coefficient (Wildman–Crippen LogP) is 5.56. The van der Waals surface area contributed by atoms with Gasteiger partial charge in [-0.05, 0) is 17.5 Å². The van der Waals surface area contributed by atoms with E-state index in [2.05, 4.69) is 24.3 Å². The van der Waals surface area contributed by atoms with Crippen LogP contribution in [0.15, 0.2) is 70.5 Å². The molecule has 0 aliphatic carbocycles. The minimum absolute atomic E-state index is 0.506. The number of hydrogen-bond acceptors (Lipinski definition) is 3. The molecule has 120 valence electrons. The molecule has 0 unspecified atom stereocenters. The average molecular weight is 345 g/mol. The lowest BCUT2D eigenvalue weighted by Gasteiger charge is -2.11. The fraction of sp³-hybridized carbons (Fsp3) is 0.211. The largest absolute Gasteiger partial charge is 0.478 e. The quantitative estimate of drug-likeness (QED) is 0.636. The van der Waals surface area contributed by atoms with E-state index < -0.39 is 5.97 Å². The summed E-state index contributed by atoms with van der Waals surface area (Å²) in [6, 6.07) is 20.3. The Bertz CT molecular complexity index is 606. The van der Waals surface area contributed by atoms with Crippen LogP contribution in [0.5, 0.6) is 0 Å². The normalized spacial score (nSPS) is 10.3. The van der Waals surface area contributed by atoms with Gasteiger partial charge in [0.15, 0.2) is 0 Å². The first kappa shape index (κ1) is 17.7. The number of carboxylic acids is 1. The van der Waals surface area contributed by atoms with Gasteiger partial charge < -0.3 is 5.11 Å². The van der Waals surface area contributed by atoms with Crippen molar-refractivity contribution in [3.63, 3.8) is 0 Å². The lowest BCUT2D eigenvalue weighted by atomic mass is 10.2. The number of hydrogen-bond donors (Lipinski definition) is 1. The second kappa shape index (κ2) is 9.48. The monoisotopic (exact) mass is 344 g/mol. The molecule has 2 rings (SSSR count). The van der Waals surface area contributed by atoms with Gasteiger partial charge in [0.05, 0.1) is 9.81 Å². The Balaban J connectivity index is 2.10. The summed E-state index contributed by atoms with van der Waals surface area (Å²) in [6.07, 6.45) is 0.536. The molecule has 2 nitrogen and oxygen atoms in total. The van der Waals surface area contributed by atoms with Crippen molar-refractivity contribution < 1.29 is 9.90 Å². The SMILES string of the molecule is CCC(C(=O)O)=C(SCc1ccccc1)SCc1ccccc1. The van der Waals surface area contributed by atoms with Gasteiger partial charge in [0.1, 0.15) is 0 Å². The summed E-state index contributed by atoms with van der Waals surface area (Å²) in [5.74, 6) is 0.757. The summed E-state index contributed by atoms with van der Waals surface area (Å²) in [5, 5.41) is 9.45. The Morgan fingerprint density at radius 3 is 1.65 bits per heavy atom. The summed E-state index contributed by atoms with van der Waals surface area (Å²) in [4.78, 5) is 11.5. The fourth-order valence-electron chi connectivity index (χ4n) is 2.05. The molecule has 0 radical (unpaired) electrons. The first-order chi connectivity index (χ1) is 11.2. The van der Waals surface area contributed by atoms with Crippen LogP contribution in [0.1, 0.15) is 24.5 Å². The minimum atomic E-state index is -0.816. The van der Waals surface area contributed by atoms with E-state index in [9.17, 15) is 9.90 Å². The highest BCUT2D eigenvalue weighted by Gasteiger charge is 2.14. The van der Waals surface area contributed by atoms with Crippen LogP contribution in [-0.2, 0) is 16.3 Å². The first-order valence-electron chi connectivity index (χ1n) is 7.50. The molecule has 0 fully saturated rings. The molecule has 0 aromatic heterocycles. The first-order valence-corrected chi connectivity index (χ1v) is 9.47. The highest BCUT2D eigenvalue weighted by molar-refractivity contribution is 8.21. The maximum Gasteiger partial charge on any atom is 0.333 e. The molecule has 1 N–H and O–H groups in total. The van der Waals surface area contributed by atoms with Crippen molar-refractivity contribution >= 4 is 29.5 Å². The van der Waals surface area contributed by atoms with Gasteiger partial charge in [-0.3, -0.25) is 0 Å². The molecule has 0 heterocycles. The van der Waals surface area contributed by atoms with E-state index in [-0.39, 0.29) is 0 Å². The smallest absolute Gasteiger partial charge is 0.333 e. The van der Waals surface area contributed by atoms with Crippen molar-refractivity contribution in [2.45, 2.75) is 24.9 Å². The Morgan fingerprint density at radius 2 is 1.30 bits per heavy atom. The van der Waals surface area contributed by atoms with Crippen LogP contribution in [0.25, 0.3) is 0 Å². The molecule has 0 atom stereocenters. The van der Waals surface area contributed by atoms with Crippen LogP contribution < -0.4 is 0 Å². The molecule has 4 heteroatoms. The molecule has 0 aliphatic heterocycles. The second-order valence-corrected chi connectivity index (χ2v) is 7.20. The van der Waals surface area contributed by atoms with Crippen molar-refractivity contribution in [2.24, 2.45) is 0 Å². The summed E-state index contributed by atoms with van der Waals surface area (Å²) in [6.45, 7) is 1.90. The van der Waals surface area contributed by atoms with Crippen LogP contribution in [0.4, 0.5) is 0 Å². The number of rotatable bonds is 8. The van der Waals surface area contributed by atoms with Crippen molar-refractivity contribution in [2.75, 3.05) is 0 Å². The highest BCUT2D eigenvalue weighted by atomic mass is 32.2. The summed E-state index contributed by atoms with van der Waals surface area (Å²) in [7, 11) is 0. The molecule has 0 spiro atoms. The van der Waals surface area contributed by atoms with Crippen molar-refractivity contribution in [1.82, 2.24) is 0 Å². The van der Waals surface area contributed by atoms with E-state index in [0.717, 1.165) is 15.7 Å². The minimum Gasteiger partial charge on any atom is -0.478 e. The van der Waals surface area contributed by atoms with E-state index in [1.807, 2.05) is 43.3 Å². The molecule has 23 heavy (non-hydrogen) atoms. The average Bonchev–Trinajstić information content (AvgIpc) is 2.59. The zero-order valence-corrected chi connectivity index (χ0v) is 14.7. The topological polar surface area (TPSA) is 37.3 Å². The summed E-state index contributed by atoms with van der Waals surface area (Å²) < 4.78 is 0.910. The van der Waals surface area contributed by atoms with Gasteiger partial charge in [0.25, 0.3) is 0 Å². The predicted molar refractivity (Wildman–Crippen MR) is 100 cm³/mol. The molecule has 0 amide bonds. The summed E-state index contributed by atoms with van der Waals surface area (Å²) in [5.41, 5.74) is 2.92. The highest BCUT2D eigenvalue weighted by Crippen LogP contribution is 2.37. The van der Waals surface area contributed by atoms with Crippen molar-refractivity contribution in [3.05, 3.63) is 81.6 Å². The lowest BCUT2D eigenvalue weighted by Crippen LogP contribution is -2.01. The van der Waals surface area contributed by atoms with Gasteiger partial charge in [0.2, 0.25) is 0 Å². The van der Waals surface area contributed by atoms with Gasteiger partial charge in [-0.25, -0.2) is 4.79 Å². The van der Waals surface area contributed by atoms with Gasteiger partial charge >= 0.3 is 5.97 Å². The number of carboxylic acid groups (broad SMARTS) is 1. The molecular weight excluding hydrogens is 324 g/mol. The van der Waals surface area contributed by atoms with E-state index in [4.69, 9.17) is 0 Å². The molecule has 0 bridgehead atoms. The van der Waals surface area contributed by atoms with E-state index in [1.54, 1.807) is 23.5 Å². The Hall–Kier alpha value is -1.65. The van der Waals surface area contributed by atoms with Gasteiger partial charge in [-0.2, -0.15) is 0 Å². The van der Waals surface area contributed by atoms with E-state index in [0.29, 0.717) is 12.0 Å². The molecule has 0 saturated carbocycles. The van der Waals surface area contributed by atoms with Gasteiger partial charge in [0, 0.05) is 11.5 Å². The molecular formula is C19H20O2S2. The molecule has 0 saturated heterocycles. The Morgan fingerprint density at radius 1 is 0.870 bits per heavy atom. The maximum absolute atomic E-state index is 11.5. The van der Waals surface area contributed by atoms with Crippen molar-refractivity contribution in [3.8, 4) is 0 Å². The van der Waals surface area contributed by atoms with Crippen LogP contribution in [-0.4, -0.2) is 11.1 Å². The standard InChI is InChI=1S/C19H20O2S2/c1-2-17(18(20)21)19(22-13-15-9-5-3-6-10-15)23-14-16-11-7-4-8-12-16/h3-12H,2,13-14H2,1H3,(H,20,21). The third kappa shape index (κ3) is 5.81. The number of carbonyl (C=O) groups is 1. The van der Waals surface area contributed by atoms with Crippen LogP contribution in [0, 0.1) is 0 Å². The molecule has 2 aromatic rings. The van der Waals surface area contributed by atoms with E-state index >= 15 is 0 Å². The molecule has 0 aliphatic rings. The van der Waals surface area contributed by atoms with Crippen LogP contribution in [0.3, 0.4) is 0 Å². The Kier molecular flexibility index (Phi) is 7.30. The number of thioether (sulfide) groups is 2. The Labute approximate surface area is 146 Å². The second-order valence-electron chi connectivity index (χ2n) is 4.97. The number of aliphatic carboxylic acids is 1. The third-order valence-electron chi connectivity index (χ3n) is 3.28. The van der Waals surface area contributed by atoms with Gasteiger partial charge in [-0.1, -0.05) is 67.6 Å². The zero-order chi connectivity index (χ0) is 16.5. The lowest BCUT2D eigenvalue weighted by molar-refractivity contribution is -0.132.